The molecule has 0 aromatic heterocycles. The molecule has 0 aliphatic rings. The van der Waals surface area contributed by atoms with Gasteiger partial charge in [-0.3, -0.25) is 0 Å². The topological polar surface area (TPSA) is 56.9 Å². The fourth-order valence-corrected chi connectivity index (χ4v) is 1.82. The SMILES string of the molecule is CCOc1cccc(N=[N+]([O-])c2cccc(OCC)c2)c1. The molecular weight excluding hydrogens is 268 g/mol. The fourth-order valence-electron chi connectivity index (χ4n) is 1.82. The zero-order chi connectivity index (χ0) is 15.1. The summed E-state index contributed by atoms with van der Waals surface area (Å²) in [4.78, 5) is 0.577. The zero-order valence-electron chi connectivity index (χ0n) is 12.2. The van der Waals surface area contributed by atoms with Crippen molar-refractivity contribution in [3.05, 3.63) is 53.7 Å². The summed E-state index contributed by atoms with van der Waals surface area (Å²) in [5.74, 6) is 1.34. The van der Waals surface area contributed by atoms with Crippen LogP contribution in [0.15, 0.2) is 53.6 Å². The summed E-state index contributed by atoms with van der Waals surface area (Å²) >= 11 is 0. The second-order valence-corrected chi connectivity index (χ2v) is 4.23. The van der Waals surface area contributed by atoms with E-state index < -0.39 is 0 Å². The highest BCUT2D eigenvalue weighted by Crippen LogP contribution is 2.24. The van der Waals surface area contributed by atoms with E-state index in [0.717, 1.165) is 0 Å². The highest BCUT2D eigenvalue weighted by Gasteiger charge is 2.06. The molecule has 0 aliphatic heterocycles. The lowest BCUT2D eigenvalue weighted by atomic mass is 10.3. The molecule has 2 aromatic rings. The Hall–Kier alpha value is -2.56. The van der Waals surface area contributed by atoms with Crippen LogP contribution in [0.3, 0.4) is 0 Å². The van der Waals surface area contributed by atoms with Crippen LogP contribution in [0.25, 0.3) is 0 Å². The van der Waals surface area contributed by atoms with Gasteiger partial charge in [-0.05, 0) is 36.9 Å². The van der Waals surface area contributed by atoms with Gasteiger partial charge in [0.15, 0.2) is 0 Å². The number of benzene rings is 2. The molecule has 0 amide bonds. The summed E-state index contributed by atoms with van der Waals surface area (Å²) < 4.78 is 10.8. The second kappa shape index (κ2) is 7.28. The Kier molecular flexibility index (Phi) is 5.15. The Morgan fingerprint density at radius 2 is 1.57 bits per heavy atom. The van der Waals surface area contributed by atoms with E-state index >= 15 is 0 Å². The summed E-state index contributed by atoms with van der Waals surface area (Å²) in [6.45, 7) is 4.92. The Labute approximate surface area is 124 Å². The van der Waals surface area contributed by atoms with E-state index in [0.29, 0.717) is 40.9 Å². The number of azo groups is 1. The molecule has 0 N–H and O–H groups in total. The van der Waals surface area contributed by atoms with Gasteiger partial charge in [0.2, 0.25) is 5.69 Å². The van der Waals surface area contributed by atoms with Gasteiger partial charge in [0.25, 0.3) is 0 Å². The van der Waals surface area contributed by atoms with Gasteiger partial charge in [-0.25, -0.2) is 0 Å². The second-order valence-electron chi connectivity index (χ2n) is 4.23. The van der Waals surface area contributed by atoms with E-state index in [1.807, 2.05) is 19.9 Å². The summed E-state index contributed by atoms with van der Waals surface area (Å²) in [7, 11) is 0. The average molecular weight is 286 g/mol. The van der Waals surface area contributed by atoms with E-state index in [1.165, 1.54) is 0 Å². The van der Waals surface area contributed by atoms with E-state index in [-0.39, 0.29) is 0 Å². The maximum atomic E-state index is 12.1. The van der Waals surface area contributed by atoms with Gasteiger partial charge in [0.05, 0.1) is 19.3 Å². The highest BCUT2D eigenvalue weighted by atomic mass is 16.5. The minimum absolute atomic E-state index is 0.419. The summed E-state index contributed by atoms with van der Waals surface area (Å²) in [5, 5.41) is 16.1. The Bertz CT molecular complexity index is 626. The number of rotatable bonds is 6. The smallest absolute Gasteiger partial charge is 0.248 e. The van der Waals surface area contributed by atoms with Gasteiger partial charge in [-0.2, -0.15) is 0 Å². The van der Waals surface area contributed by atoms with Crippen LogP contribution in [-0.4, -0.2) is 18.1 Å². The molecule has 0 aliphatic carbocycles. The Balaban J connectivity index is 2.23. The van der Waals surface area contributed by atoms with Crippen LogP contribution >= 0.6 is 0 Å². The molecule has 2 aromatic carbocycles. The monoisotopic (exact) mass is 286 g/mol. The van der Waals surface area contributed by atoms with Crippen molar-refractivity contribution in [1.82, 2.24) is 0 Å². The molecule has 0 fully saturated rings. The molecule has 5 heteroatoms. The number of ether oxygens (including phenoxy) is 2. The van der Waals surface area contributed by atoms with E-state index in [4.69, 9.17) is 9.47 Å². The standard InChI is InChI=1S/C16H18N2O3/c1-3-20-15-9-5-7-13(11-15)17-18(19)14-8-6-10-16(12-14)21-4-2/h5-12H,3-4H2,1-2H3. The van der Waals surface area contributed by atoms with Gasteiger partial charge in [0, 0.05) is 17.2 Å². The molecule has 5 nitrogen and oxygen atoms in total. The van der Waals surface area contributed by atoms with Crippen LogP contribution in [-0.2, 0) is 0 Å². The third-order valence-corrected chi connectivity index (χ3v) is 2.68. The largest absolute Gasteiger partial charge is 0.594 e. The first-order valence-corrected chi connectivity index (χ1v) is 6.87. The molecule has 0 atom stereocenters. The average Bonchev–Trinajstić information content (AvgIpc) is 2.48. The lowest BCUT2D eigenvalue weighted by molar-refractivity contribution is -0.435. The van der Waals surface area contributed by atoms with Gasteiger partial charge in [-0.15, -0.1) is 0 Å². The van der Waals surface area contributed by atoms with E-state index in [2.05, 4.69) is 5.11 Å². The third kappa shape index (κ3) is 4.21. The Morgan fingerprint density at radius 3 is 2.24 bits per heavy atom. The number of nitrogens with zero attached hydrogens (tertiary/aromatic N) is 2. The fraction of sp³-hybridized carbons (Fsp3) is 0.250. The first-order chi connectivity index (χ1) is 10.2. The molecular formula is C16H18N2O3. The van der Waals surface area contributed by atoms with Crippen molar-refractivity contribution in [3.63, 3.8) is 0 Å². The number of hydrogen-bond acceptors (Lipinski definition) is 4. The first-order valence-electron chi connectivity index (χ1n) is 6.87. The minimum atomic E-state index is 0.419. The van der Waals surface area contributed by atoms with Gasteiger partial charge in [-0.1, -0.05) is 12.1 Å². The van der Waals surface area contributed by atoms with Crippen LogP contribution < -0.4 is 9.47 Å². The van der Waals surface area contributed by atoms with Gasteiger partial charge >= 0.3 is 0 Å². The first kappa shape index (κ1) is 14.8. The molecule has 2 rings (SSSR count). The quantitative estimate of drug-likeness (QED) is 0.449. The zero-order valence-corrected chi connectivity index (χ0v) is 12.2. The Morgan fingerprint density at radius 1 is 0.952 bits per heavy atom. The van der Waals surface area contributed by atoms with Crippen molar-refractivity contribution >= 4 is 11.4 Å². The summed E-state index contributed by atoms with van der Waals surface area (Å²) in [6, 6.07) is 14.0. The lowest BCUT2D eigenvalue weighted by Gasteiger charge is -2.05. The van der Waals surface area contributed by atoms with Crippen molar-refractivity contribution in [1.29, 1.82) is 0 Å². The van der Waals surface area contributed by atoms with Crippen LogP contribution in [0.2, 0.25) is 0 Å². The van der Waals surface area contributed by atoms with Crippen LogP contribution in [0.1, 0.15) is 13.8 Å². The van der Waals surface area contributed by atoms with Gasteiger partial charge < -0.3 is 14.7 Å². The van der Waals surface area contributed by atoms with E-state index in [9.17, 15) is 5.21 Å². The van der Waals surface area contributed by atoms with Crippen molar-refractivity contribution in [2.45, 2.75) is 13.8 Å². The normalized spacial score (nSPS) is 11.2. The van der Waals surface area contributed by atoms with Crippen molar-refractivity contribution in [3.8, 4) is 11.5 Å². The van der Waals surface area contributed by atoms with Crippen molar-refractivity contribution in [2.75, 3.05) is 13.2 Å². The molecule has 110 valence electrons. The summed E-state index contributed by atoms with van der Waals surface area (Å²) in [6.07, 6.45) is 0. The molecule has 0 unspecified atom stereocenters. The van der Waals surface area contributed by atoms with Crippen LogP contribution in [0, 0.1) is 5.21 Å². The lowest BCUT2D eigenvalue weighted by Crippen LogP contribution is -1.94. The molecule has 21 heavy (non-hydrogen) atoms. The maximum Gasteiger partial charge on any atom is 0.248 e. The molecule has 0 heterocycles. The highest BCUT2D eigenvalue weighted by molar-refractivity contribution is 5.43. The van der Waals surface area contributed by atoms with Crippen molar-refractivity contribution in [2.24, 2.45) is 5.11 Å². The predicted octanol–water partition coefficient (Wildman–Crippen LogP) is 4.41. The third-order valence-electron chi connectivity index (χ3n) is 2.68. The molecule has 0 spiro atoms. The van der Waals surface area contributed by atoms with Gasteiger partial charge in [0.1, 0.15) is 17.2 Å². The summed E-state index contributed by atoms with van der Waals surface area (Å²) in [5.41, 5.74) is 0.959. The molecule has 0 bridgehead atoms. The predicted molar refractivity (Wildman–Crippen MR) is 80.6 cm³/mol. The molecule has 0 radical (unpaired) electrons. The van der Waals surface area contributed by atoms with Crippen LogP contribution in [0.5, 0.6) is 11.5 Å². The molecule has 0 saturated heterocycles. The van der Waals surface area contributed by atoms with Crippen LogP contribution in [0.4, 0.5) is 11.4 Å². The minimum Gasteiger partial charge on any atom is -0.594 e. The van der Waals surface area contributed by atoms with Crippen molar-refractivity contribution < 1.29 is 14.3 Å². The van der Waals surface area contributed by atoms with E-state index in [1.54, 1.807) is 42.5 Å². The number of hydrogen-bond donors (Lipinski definition) is 0. The maximum absolute atomic E-state index is 12.1. The molecule has 0 saturated carbocycles.